The summed E-state index contributed by atoms with van der Waals surface area (Å²) in [4.78, 5) is 42.4. The lowest BCUT2D eigenvalue weighted by atomic mass is 9.98. The van der Waals surface area contributed by atoms with Crippen LogP contribution in [0.5, 0.6) is 0 Å². The Morgan fingerprint density at radius 2 is 1.62 bits per heavy atom. The van der Waals surface area contributed by atoms with Gasteiger partial charge in [-0.1, -0.05) is 32.9 Å². The van der Waals surface area contributed by atoms with Crippen LogP contribution in [0.25, 0.3) is 0 Å². The molecule has 6 heteroatoms. The zero-order valence-electron chi connectivity index (χ0n) is 18.0. The first-order valence-electron chi connectivity index (χ1n) is 10.8. The van der Waals surface area contributed by atoms with Crippen molar-refractivity contribution in [3.63, 3.8) is 0 Å². The summed E-state index contributed by atoms with van der Waals surface area (Å²) in [5.74, 6) is -0.0484. The van der Waals surface area contributed by atoms with Crippen LogP contribution in [0.1, 0.15) is 67.7 Å². The fraction of sp³-hybridized carbons (Fsp3) is 0.609. The number of imide groups is 1. The van der Waals surface area contributed by atoms with Crippen molar-refractivity contribution >= 4 is 17.7 Å². The van der Waals surface area contributed by atoms with Gasteiger partial charge >= 0.3 is 0 Å². The Kier molecular flexibility index (Phi) is 6.73. The third kappa shape index (κ3) is 4.69. The van der Waals surface area contributed by atoms with E-state index in [0.717, 1.165) is 23.9 Å². The molecule has 29 heavy (non-hydrogen) atoms. The first-order valence-corrected chi connectivity index (χ1v) is 10.8. The molecule has 3 rings (SSSR count). The van der Waals surface area contributed by atoms with E-state index >= 15 is 0 Å². The van der Waals surface area contributed by atoms with E-state index in [1.165, 1.54) is 12.8 Å². The Morgan fingerprint density at radius 3 is 2.14 bits per heavy atom. The van der Waals surface area contributed by atoms with Crippen LogP contribution in [0.3, 0.4) is 0 Å². The zero-order chi connectivity index (χ0) is 21.1. The third-order valence-corrected chi connectivity index (χ3v) is 6.15. The van der Waals surface area contributed by atoms with Crippen molar-refractivity contribution in [1.29, 1.82) is 0 Å². The molecule has 0 radical (unpaired) electrons. The normalized spacial score (nSPS) is 20.1. The van der Waals surface area contributed by atoms with Crippen molar-refractivity contribution in [2.75, 3.05) is 19.6 Å². The number of hydrogen-bond acceptors (Lipinski definition) is 4. The quantitative estimate of drug-likeness (QED) is 0.716. The first kappa shape index (κ1) is 21.5. The van der Waals surface area contributed by atoms with Crippen LogP contribution in [0, 0.1) is 11.8 Å². The van der Waals surface area contributed by atoms with Crippen molar-refractivity contribution < 1.29 is 14.4 Å². The van der Waals surface area contributed by atoms with Crippen molar-refractivity contribution in [2.45, 2.75) is 59.0 Å². The molecule has 2 aliphatic heterocycles. The summed E-state index contributed by atoms with van der Waals surface area (Å²) >= 11 is 0. The average molecular weight is 400 g/mol. The van der Waals surface area contributed by atoms with Gasteiger partial charge in [-0.25, -0.2) is 0 Å². The summed E-state index contributed by atoms with van der Waals surface area (Å²) in [6.07, 6.45) is 2.82. The SMILES string of the molecule is CC(C)CC(C(=O)NCC(C)N1CCC(C)CC1)N1C(=O)c2ccccc2C1=O. The number of carbonyl (C=O) groups is 3. The zero-order valence-corrected chi connectivity index (χ0v) is 18.0. The molecule has 0 aromatic heterocycles. The molecule has 1 aromatic carbocycles. The number of hydrogen-bond donors (Lipinski definition) is 1. The molecule has 1 saturated heterocycles. The van der Waals surface area contributed by atoms with Crippen LogP contribution in [0.2, 0.25) is 0 Å². The number of nitrogens with one attached hydrogen (secondary N) is 1. The van der Waals surface area contributed by atoms with Crippen LogP contribution in [-0.4, -0.2) is 59.2 Å². The molecule has 1 fully saturated rings. The Hall–Kier alpha value is -2.21. The predicted molar refractivity (Wildman–Crippen MR) is 113 cm³/mol. The number of likely N-dealkylation sites (tertiary alicyclic amines) is 1. The van der Waals surface area contributed by atoms with E-state index in [2.05, 4.69) is 24.1 Å². The largest absolute Gasteiger partial charge is 0.353 e. The lowest BCUT2D eigenvalue weighted by Gasteiger charge is -2.35. The number of nitrogens with zero attached hydrogens (tertiary/aromatic N) is 2. The van der Waals surface area contributed by atoms with E-state index in [-0.39, 0.29) is 29.7 Å². The fourth-order valence-electron chi connectivity index (χ4n) is 4.23. The number of fused-ring (bicyclic) bond motifs is 1. The standard InChI is InChI=1S/C23H33N3O3/c1-15(2)13-20(26-22(28)18-7-5-6-8-19(18)23(26)29)21(27)24-14-17(4)25-11-9-16(3)10-12-25/h5-8,15-17,20H,9-14H2,1-4H3,(H,24,27). The molecule has 3 amide bonds. The highest BCUT2D eigenvalue weighted by molar-refractivity contribution is 6.22. The number of rotatable bonds is 7. The second-order valence-corrected chi connectivity index (χ2v) is 8.98. The molecule has 0 aliphatic carbocycles. The van der Waals surface area contributed by atoms with E-state index in [1.54, 1.807) is 24.3 Å². The van der Waals surface area contributed by atoms with Gasteiger partial charge in [-0.3, -0.25) is 24.2 Å². The Balaban J connectivity index is 1.68. The lowest BCUT2D eigenvalue weighted by molar-refractivity contribution is -0.125. The van der Waals surface area contributed by atoms with Crippen LogP contribution in [0.15, 0.2) is 24.3 Å². The van der Waals surface area contributed by atoms with Crippen LogP contribution in [0.4, 0.5) is 0 Å². The minimum Gasteiger partial charge on any atom is -0.353 e. The highest BCUT2D eigenvalue weighted by Crippen LogP contribution is 2.27. The van der Waals surface area contributed by atoms with E-state index in [9.17, 15) is 14.4 Å². The summed E-state index contributed by atoms with van der Waals surface area (Å²) < 4.78 is 0. The van der Waals surface area contributed by atoms with Crippen LogP contribution >= 0.6 is 0 Å². The number of benzene rings is 1. The van der Waals surface area contributed by atoms with Crippen LogP contribution in [-0.2, 0) is 4.79 Å². The van der Waals surface area contributed by atoms with Gasteiger partial charge in [-0.05, 0) is 63.2 Å². The van der Waals surface area contributed by atoms with E-state index in [0.29, 0.717) is 24.1 Å². The molecular weight excluding hydrogens is 366 g/mol. The fourth-order valence-corrected chi connectivity index (χ4v) is 4.23. The predicted octanol–water partition coefficient (Wildman–Crippen LogP) is 2.93. The summed E-state index contributed by atoms with van der Waals surface area (Å²) in [5.41, 5.74) is 0.768. The molecule has 0 bridgehead atoms. The van der Waals surface area contributed by atoms with Crippen LogP contribution < -0.4 is 5.32 Å². The van der Waals surface area contributed by atoms with Crippen molar-refractivity contribution in [3.05, 3.63) is 35.4 Å². The second kappa shape index (κ2) is 9.08. The monoisotopic (exact) mass is 399 g/mol. The minimum absolute atomic E-state index is 0.177. The maximum atomic E-state index is 13.1. The van der Waals surface area contributed by atoms with Gasteiger partial charge in [-0.15, -0.1) is 0 Å². The number of carbonyl (C=O) groups excluding carboxylic acids is 3. The van der Waals surface area contributed by atoms with Crippen molar-refractivity contribution in [1.82, 2.24) is 15.1 Å². The van der Waals surface area contributed by atoms with E-state index in [1.807, 2.05) is 13.8 Å². The highest BCUT2D eigenvalue weighted by atomic mass is 16.2. The van der Waals surface area contributed by atoms with E-state index < -0.39 is 6.04 Å². The molecule has 0 spiro atoms. The van der Waals surface area contributed by atoms with E-state index in [4.69, 9.17) is 0 Å². The maximum Gasteiger partial charge on any atom is 0.262 e. The Morgan fingerprint density at radius 1 is 1.07 bits per heavy atom. The Bertz CT molecular complexity index is 733. The van der Waals surface area contributed by atoms with Gasteiger partial charge in [0.05, 0.1) is 11.1 Å². The summed E-state index contributed by atoms with van der Waals surface area (Å²) in [7, 11) is 0. The molecule has 1 aromatic rings. The molecule has 2 atom stereocenters. The van der Waals surface area contributed by atoms with Crippen molar-refractivity contribution in [2.24, 2.45) is 11.8 Å². The topological polar surface area (TPSA) is 69.7 Å². The number of piperidine rings is 1. The smallest absolute Gasteiger partial charge is 0.262 e. The maximum absolute atomic E-state index is 13.1. The summed E-state index contributed by atoms with van der Waals surface area (Å²) in [6.45, 7) is 11.0. The molecule has 2 unspecified atom stereocenters. The van der Waals surface area contributed by atoms with Gasteiger partial charge in [0.25, 0.3) is 11.8 Å². The van der Waals surface area contributed by atoms with Crippen molar-refractivity contribution in [3.8, 4) is 0 Å². The van der Waals surface area contributed by atoms with Gasteiger partial charge in [0, 0.05) is 12.6 Å². The summed E-state index contributed by atoms with van der Waals surface area (Å²) in [6, 6.07) is 6.24. The first-order chi connectivity index (χ1) is 13.8. The molecule has 6 nitrogen and oxygen atoms in total. The van der Waals surface area contributed by atoms with Gasteiger partial charge in [0.1, 0.15) is 6.04 Å². The molecular formula is C23H33N3O3. The van der Waals surface area contributed by atoms with Gasteiger partial charge in [0.15, 0.2) is 0 Å². The third-order valence-electron chi connectivity index (χ3n) is 6.15. The average Bonchev–Trinajstić information content (AvgIpc) is 2.95. The van der Waals surface area contributed by atoms with Gasteiger partial charge in [0.2, 0.25) is 5.91 Å². The Labute approximate surface area is 173 Å². The molecule has 2 heterocycles. The molecule has 158 valence electrons. The highest BCUT2D eigenvalue weighted by Gasteiger charge is 2.42. The number of amides is 3. The molecule has 1 N–H and O–H groups in total. The molecule has 0 saturated carbocycles. The lowest BCUT2D eigenvalue weighted by Crippen LogP contribution is -2.53. The minimum atomic E-state index is -0.782. The van der Waals surface area contributed by atoms with Gasteiger partial charge < -0.3 is 5.32 Å². The second-order valence-electron chi connectivity index (χ2n) is 8.98. The summed E-state index contributed by atoms with van der Waals surface area (Å²) in [5, 5.41) is 3.01. The van der Waals surface area contributed by atoms with Gasteiger partial charge in [-0.2, -0.15) is 0 Å². The molecule has 2 aliphatic rings.